The Balaban J connectivity index is 2.96. The number of carbonyl (C=O) groups is 1. The molecule has 0 aliphatic rings. The van der Waals surface area contributed by atoms with Crippen molar-refractivity contribution in [3.8, 4) is 0 Å². The Kier molecular flexibility index (Phi) is 3.15. The molecule has 1 unspecified atom stereocenters. The second kappa shape index (κ2) is 3.77. The lowest BCUT2D eigenvalue weighted by atomic mass is 10.3. The highest BCUT2D eigenvalue weighted by Gasteiger charge is 2.17. The predicted octanol–water partition coefficient (Wildman–Crippen LogP) is 2.58. The molecule has 1 atom stereocenters. The molecule has 1 aromatic heterocycles. The molecule has 2 nitrogen and oxygen atoms in total. The Labute approximate surface area is 87.8 Å². The van der Waals surface area contributed by atoms with Crippen molar-refractivity contribution in [2.75, 3.05) is 0 Å². The van der Waals surface area contributed by atoms with Gasteiger partial charge in [0, 0.05) is 14.2 Å². The van der Waals surface area contributed by atoms with E-state index in [1.807, 2.05) is 13.0 Å². The third kappa shape index (κ3) is 2.00. The van der Waals surface area contributed by atoms with Crippen molar-refractivity contribution < 1.29 is 4.79 Å². The third-order valence-electron chi connectivity index (χ3n) is 1.38. The number of thiophene rings is 1. The van der Waals surface area contributed by atoms with Gasteiger partial charge in [-0.3, -0.25) is 4.79 Å². The summed E-state index contributed by atoms with van der Waals surface area (Å²) in [5.41, 5.74) is 5.05. The number of nitrogens with two attached hydrogens (primary N) is 1. The first-order valence-electron chi connectivity index (χ1n) is 3.21. The summed E-state index contributed by atoms with van der Waals surface area (Å²) >= 11 is 10.5. The molecule has 1 amide bonds. The SMILES string of the molecule is Cc1sc(C(Cl)C(N)=O)cc1Br. The lowest BCUT2D eigenvalue weighted by Crippen LogP contribution is -2.15. The minimum atomic E-state index is -0.708. The van der Waals surface area contributed by atoms with Gasteiger partial charge >= 0.3 is 0 Å². The lowest BCUT2D eigenvalue weighted by molar-refractivity contribution is -0.117. The highest BCUT2D eigenvalue weighted by atomic mass is 79.9. The molecule has 0 aliphatic heterocycles. The first-order chi connectivity index (χ1) is 5.52. The monoisotopic (exact) mass is 267 g/mol. The highest BCUT2D eigenvalue weighted by molar-refractivity contribution is 9.10. The van der Waals surface area contributed by atoms with E-state index in [0.29, 0.717) is 0 Å². The summed E-state index contributed by atoms with van der Waals surface area (Å²) in [5, 5.41) is -0.708. The van der Waals surface area contributed by atoms with Crippen molar-refractivity contribution in [3.63, 3.8) is 0 Å². The number of carbonyl (C=O) groups excluding carboxylic acids is 1. The van der Waals surface area contributed by atoms with Crippen molar-refractivity contribution in [1.82, 2.24) is 0 Å². The molecule has 0 aromatic carbocycles. The van der Waals surface area contributed by atoms with Crippen LogP contribution in [0.4, 0.5) is 0 Å². The van der Waals surface area contributed by atoms with Crippen LogP contribution in [0.5, 0.6) is 0 Å². The van der Waals surface area contributed by atoms with Crippen molar-refractivity contribution >= 4 is 44.8 Å². The van der Waals surface area contributed by atoms with Crippen LogP contribution in [-0.4, -0.2) is 5.91 Å². The fraction of sp³-hybridized carbons (Fsp3) is 0.286. The molecule has 0 saturated heterocycles. The van der Waals surface area contributed by atoms with Gasteiger partial charge in [-0.2, -0.15) is 0 Å². The number of hydrogen-bond donors (Lipinski definition) is 1. The summed E-state index contributed by atoms with van der Waals surface area (Å²) in [6.07, 6.45) is 0. The van der Waals surface area contributed by atoms with Gasteiger partial charge in [-0.05, 0) is 28.9 Å². The minimum absolute atomic E-state index is 0.509. The van der Waals surface area contributed by atoms with Gasteiger partial charge in [0.2, 0.25) is 5.91 Å². The molecule has 2 N–H and O–H groups in total. The van der Waals surface area contributed by atoms with Crippen LogP contribution in [-0.2, 0) is 4.79 Å². The van der Waals surface area contributed by atoms with Crippen LogP contribution in [0.3, 0.4) is 0 Å². The number of primary amides is 1. The zero-order valence-corrected chi connectivity index (χ0v) is 9.46. The maximum atomic E-state index is 10.7. The summed E-state index contributed by atoms with van der Waals surface area (Å²) < 4.78 is 0.967. The van der Waals surface area contributed by atoms with Crippen molar-refractivity contribution in [3.05, 3.63) is 20.3 Å². The van der Waals surface area contributed by atoms with Crippen LogP contribution in [0, 0.1) is 6.92 Å². The minimum Gasteiger partial charge on any atom is -0.368 e. The van der Waals surface area contributed by atoms with Gasteiger partial charge in [-0.15, -0.1) is 22.9 Å². The Bertz CT molecular complexity index is 293. The lowest BCUT2D eigenvalue weighted by Gasteiger charge is -1.98. The second-order valence-electron chi connectivity index (χ2n) is 2.32. The van der Waals surface area contributed by atoms with Gasteiger partial charge in [-0.25, -0.2) is 0 Å². The number of halogens is 2. The van der Waals surface area contributed by atoms with E-state index in [0.717, 1.165) is 14.2 Å². The first kappa shape index (κ1) is 10.0. The molecular weight excluding hydrogens is 262 g/mol. The summed E-state index contributed by atoms with van der Waals surface area (Å²) in [6.45, 7) is 1.95. The van der Waals surface area contributed by atoms with Gasteiger partial charge in [-0.1, -0.05) is 0 Å². The zero-order valence-electron chi connectivity index (χ0n) is 6.30. The van der Waals surface area contributed by atoms with Gasteiger partial charge in [0.25, 0.3) is 0 Å². The van der Waals surface area contributed by atoms with E-state index >= 15 is 0 Å². The van der Waals surface area contributed by atoms with E-state index in [1.54, 1.807) is 0 Å². The number of rotatable bonds is 2. The van der Waals surface area contributed by atoms with E-state index in [-0.39, 0.29) is 0 Å². The van der Waals surface area contributed by atoms with Gasteiger partial charge in [0.15, 0.2) is 0 Å². The molecule has 5 heteroatoms. The fourth-order valence-electron chi connectivity index (χ4n) is 0.747. The molecule has 0 saturated carbocycles. The molecule has 0 spiro atoms. The number of hydrogen-bond acceptors (Lipinski definition) is 2. The number of alkyl halides is 1. The van der Waals surface area contributed by atoms with E-state index in [4.69, 9.17) is 17.3 Å². The molecule has 1 aromatic rings. The van der Waals surface area contributed by atoms with Crippen LogP contribution >= 0.6 is 38.9 Å². The molecule has 0 bridgehead atoms. The van der Waals surface area contributed by atoms with Crippen molar-refractivity contribution in [2.24, 2.45) is 5.73 Å². The summed E-state index contributed by atoms with van der Waals surface area (Å²) in [5.74, 6) is -0.509. The number of aryl methyl sites for hydroxylation is 1. The van der Waals surface area contributed by atoms with Crippen molar-refractivity contribution in [2.45, 2.75) is 12.3 Å². The van der Waals surface area contributed by atoms with Crippen LogP contribution < -0.4 is 5.73 Å². The van der Waals surface area contributed by atoms with E-state index in [2.05, 4.69) is 15.9 Å². The molecule has 1 rings (SSSR count). The van der Waals surface area contributed by atoms with E-state index in [9.17, 15) is 4.79 Å². The molecule has 1 heterocycles. The topological polar surface area (TPSA) is 43.1 Å². The Morgan fingerprint density at radius 3 is 2.75 bits per heavy atom. The van der Waals surface area contributed by atoms with Gasteiger partial charge in [0.05, 0.1) is 0 Å². The molecule has 0 fully saturated rings. The molecular formula is C7H7BrClNOS. The maximum absolute atomic E-state index is 10.7. The normalized spacial score (nSPS) is 12.9. The number of amides is 1. The smallest absolute Gasteiger partial charge is 0.240 e. The summed E-state index contributed by atoms with van der Waals surface area (Å²) in [6, 6.07) is 1.82. The van der Waals surface area contributed by atoms with Gasteiger partial charge < -0.3 is 5.73 Å². The van der Waals surface area contributed by atoms with Crippen LogP contribution in [0.1, 0.15) is 15.1 Å². The van der Waals surface area contributed by atoms with Crippen LogP contribution in [0.25, 0.3) is 0 Å². The van der Waals surface area contributed by atoms with Crippen LogP contribution in [0.2, 0.25) is 0 Å². The second-order valence-corrected chi connectivity index (χ2v) is 4.90. The fourth-order valence-corrected chi connectivity index (χ4v) is 2.49. The summed E-state index contributed by atoms with van der Waals surface area (Å²) in [4.78, 5) is 12.6. The van der Waals surface area contributed by atoms with Crippen molar-refractivity contribution in [1.29, 1.82) is 0 Å². The highest BCUT2D eigenvalue weighted by Crippen LogP contribution is 2.33. The molecule has 0 aliphatic carbocycles. The Morgan fingerprint density at radius 2 is 2.42 bits per heavy atom. The third-order valence-corrected chi connectivity index (χ3v) is 4.16. The van der Waals surface area contributed by atoms with E-state index in [1.165, 1.54) is 11.3 Å². The zero-order chi connectivity index (χ0) is 9.30. The Hall–Kier alpha value is -0.0600. The van der Waals surface area contributed by atoms with Crippen LogP contribution in [0.15, 0.2) is 10.5 Å². The summed E-state index contributed by atoms with van der Waals surface area (Å²) in [7, 11) is 0. The van der Waals surface area contributed by atoms with E-state index < -0.39 is 11.3 Å². The maximum Gasteiger partial charge on any atom is 0.240 e. The Morgan fingerprint density at radius 1 is 1.83 bits per heavy atom. The molecule has 0 radical (unpaired) electrons. The first-order valence-corrected chi connectivity index (χ1v) is 5.26. The largest absolute Gasteiger partial charge is 0.368 e. The quantitative estimate of drug-likeness (QED) is 0.823. The molecule has 12 heavy (non-hydrogen) atoms. The van der Waals surface area contributed by atoms with Gasteiger partial charge in [0.1, 0.15) is 5.38 Å². The standard InChI is InChI=1S/C7H7BrClNOS/c1-3-4(8)2-5(12-3)6(9)7(10)11/h2,6H,1H3,(H2,10,11). The molecule has 66 valence electrons. The average molecular weight is 269 g/mol. The average Bonchev–Trinajstić information content (AvgIpc) is 2.30. The predicted molar refractivity (Wildman–Crippen MR) is 54.5 cm³/mol.